The quantitative estimate of drug-likeness (QED) is 0.889. The normalized spacial score (nSPS) is 24.2. The minimum atomic E-state index is 0.0195. The lowest BCUT2D eigenvalue weighted by Crippen LogP contribution is -2.22. The Bertz CT molecular complexity index is 749. The zero-order valence-corrected chi connectivity index (χ0v) is 14.4. The molecule has 24 heavy (non-hydrogen) atoms. The molecule has 1 saturated carbocycles. The van der Waals surface area contributed by atoms with Crippen LogP contribution in [0.3, 0.4) is 0 Å². The van der Waals surface area contributed by atoms with E-state index in [9.17, 15) is 4.79 Å². The van der Waals surface area contributed by atoms with Gasteiger partial charge in [0, 0.05) is 26.3 Å². The fourth-order valence-corrected chi connectivity index (χ4v) is 4.27. The zero-order chi connectivity index (χ0) is 16.7. The standard InChI is InChI=1S/C20H25N3O/c1-23(2)20(24)18-10-8-14(22-18)11-21-12-17-16-9-7-13-5-3-4-6-15(13)19(16)17/h3-6,8,10,16-17,19,21-22H,7,9,11-12H2,1-2H3/t16-,17-,19-/m1/s1. The fourth-order valence-electron chi connectivity index (χ4n) is 4.27. The molecule has 0 saturated heterocycles. The number of nitrogens with one attached hydrogen (secondary N) is 2. The van der Waals surface area contributed by atoms with Crippen molar-refractivity contribution < 1.29 is 4.79 Å². The molecular weight excluding hydrogens is 298 g/mol. The molecule has 1 aromatic carbocycles. The molecule has 4 heteroatoms. The van der Waals surface area contributed by atoms with Crippen LogP contribution >= 0.6 is 0 Å². The number of amides is 1. The van der Waals surface area contributed by atoms with Gasteiger partial charge in [0.25, 0.3) is 5.91 Å². The summed E-state index contributed by atoms with van der Waals surface area (Å²) in [5.74, 6) is 2.41. The van der Waals surface area contributed by atoms with Crippen LogP contribution in [0.25, 0.3) is 0 Å². The summed E-state index contributed by atoms with van der Waals surface area (Å²) in [6.07, 6.45) is 2.57. The van der Waals surface area contributed by atoms with Gasteiger partial charge in [0.1, 0.15) is 5.69 Å². The molecule has 0 aliphatic heterocycles. The van der Waals surface area contributed by atoms with Crippen molar-refractivity contribution in [2.45, 2.75) is 25.3 Å². The minimum absolute atomic E-state index is 0.0195. The van der Waals surface area contributed by atoms with Crippen LogP contribution in [0.1, 0.15) is 39.6 Å². The van der Waals surface area contributed by atoms with Gasteiger partial charge in [0.2, 0.25) is 0 Å². The van der Waals surface area contributed by atoms with E-state index in [4.69, 9.17) is 0 Å². The molecule has 0 spiro atoms. The molecule has 0 radical (unpaired) electrons. The van der Waals surface area contributed by atoms with Gasteiger partial charge < -0.3 is 15.2 Å². The number of aromatic nitrogens is 1. The molecule has 1 aromatic heterocycles. The number of H-pyrrole nitrogens is 1. The topological polar surface area (TPSA) is 48.1 Å². The average molecular weight is 323 g/mol. The van der Waals surface area contributed by atoms with Gasteiger partial charge in [0.15, 0.2) is 0 Å². The molecule has 2 aliphatic carbocycles. The Labute approximate surface area is 143 Å². The van der Waals surface area contributed by atoms with E-state index in [0.29, 0.717) is 5.69 Å². The first-order valence-corrected chi connectivity index (χ1v) is 8.83. The third kappa shape index (κ3) is 2.75. The van der Waals surface area contributed by atoms with Crippen molar-refractivity contribution >= 4 is 5.91 Å². The summed E-state index contributed by atoms with van der Waals surface area (Å²) in [4.78, 5) is 16.7. The highest BCUT2D eigenvalue weighted by atomic mass is 16.2. The first kappa shape index (κ1) is 15.5. The Morgan fingerprint density at radius 3 is 2.92 bits per heavy atom. The smallest absolute Gasteiger partial charge is 0.269 e. The van der Waals surface area contributed by atoms with Crippen LogP contribution in [-0.4, -0.2) is 36.4 Å². The Morgan fingerprint density at radius 1 is 1.25 bits per heavy atom. The first-order valence-electron chi connectivity index (χ1n) is 8.83. The summed E-state index contributed by atoms with van der Waals surface area (Å²) in [6.45, 7) is 1.85. The van der Waals surface area contributed by atoms with Gasteiger partial charge in [0.05, 0.1) is 0 Å². The molecule has 3 atom stereocenters. The second-order valence-corrected chi connectivity index (χ2v) is 7.32. The lowest BCUT2D eigenvalue weighted by molar-refractivity contribution is 0.0822. The average Bonchev–Trinajstić information content (AvgIpc) is 3.10. The molecule has 2 aromatic rings. The maximum Gasteiger partial charge on any atom is 0.269 e. The molecule has 4 rings (SSSR count). The Morgan fingerprint density at radius 2 is 2.08 bits per heavy atom. The summed E-state index contributed by atoms with van der Waals surface area (Å²) >= 11 is 0. The monoisotopic (exact) mass is 323 g/mol. The number of carbonyl (C=O) groups excluding carboxylic acids is 1. The van der Waals surface area contributed by atoms with E-state index in [0.717, 1.165) is 36.5 Å². The Kier molecular flexibility index (Phi) is 3.93. The van der Waals surface area contributed by atoms with Gasteiger partial charge in [-0.15, -0.1) is 0 Å². The number of nitrogens with zero attached hydrogens (tertiary/aromatic N) is 1. The van der Waals surface area contributed by atoms with E-state index in [2.05, 4.69) is 34.6 Å². The van der Waals surface area contributed by atoms with E-state index in [1.807, 2.05) is 12.1 Å². The summed E-state index contributed by atoms with van der Waals surface area (Å²) in [5.41, 5.74) is 4.87. The van der Waals surface area contributed by atoms with Crippen LogP contribution in [0.2, 0.25) is 0 Å². The summed E-state index contributed by atoms with van der Waals surface area (Å²) in [5, 5.41) is 3.58. The van der Waals surface area contributed by atoms with Crippen LogP contribution in [0, 0.1) is 11.8 Å². The van der Waals surface area contributed by atoms with Gasteiger partial charge >= 0.3 is 0 Å². The van der Waals surface area contributed by atoms with Crippen molar-refractivity contribution in [3.8, 4) is 0 Å². The molecular formula is C20H25N3O. The van der Waals surface area contributed by atoms with Gasteiger partial charge in [-0.3, -0.25) is 4.79 Å². The number of hydrogen-bond acceptors (Lipinski definition) is 2. The molecule has 126 valence electrons. The predicted molar refractivity (Wildman–Crippen MR) is 95.0 cm³/mol. The highest BCUT2D eigenvalue weighted by Gasteiger charge is 2.52. The molecule has 2 aliphatic rings. The van der Waals surface area contributed by atoms with Crippen LogP contribution in [0.15, 0.2) is 36.4 Å². The number of benzene rings is 1. The molecule has 2 N–H and O–H groups in total. The van der Waals surface area contributed by atoms with Gasteiger partial charge in [-0.1, -0.05) is 24.3 Å². The third-order valence-electron chi connectivity index (χ3n) is 5.57. The van der Waals surface area contributed by atoms with E-state index in [1.165, 1.54) is 12.8 Å². The Balaban J connectivity index is 1.31. The van der Waals surface area contributed by atoms with Crippen molar-refractivity contribution in [3.63, 3.8) is 0 Å². The SMILES string of the molecule is CN(C)C(=O)c1ccc(CNC[C@@H]2[C@H]3CCc4ccccc4[C@H]32)[nH]1. The lowest BCUT2D eigenvalue weighted by atomic mass is 9.92. The van der Waals surface area contributed by atoms with Crippen molar-refractivity contribution in [3.05, 3.63) is 58.9 Å². The molecule has 0 bridgehead atoms. The fraction of sp³-hybridized carbons (Fsp3) is 0.450. The molecule has 1 amide bonds. The van der Waals surface area contributed by atoms with E-state index < -0.39 is 0 Å². The number of fused-ring (bicyclic) bond motifs is 3. The number of rotatable bonds is 5. The van der Waals surface area contributed by atoms with Crippen molar-refractivity contribution in [2.24, 2.45) is 11.8 Å². The molecule has 0 unspecified atom stereocenters. The van der Waals surface area contributed by atoms with E-state index in [-0.39, 0.29) is 5.91 Å². The molecule has 1 heterocycles. The third-order valence-corrected chi connectivity index (χ3v) is 5.57. The number of aryl methyl sites for hydroxylation is 1. The number of aromatic amines is 1. The first-order chi connectivity index (χ1) is 11.6. The van der Waals surface area contributed by atoms with Crippen LogP contribution in [0.4, 0.5) is 0 Å². The van der Waals surface area contributed by atoms with E-state index in [1.54, 1.807) is 30.1 Å². The second-order valence-electron chi connectivity index (χ2n) is 7.32. The Hall–Kier alpha value is -2.07. The van der Waals surface area contributed by atoms with Crippen LogP contribution < -0.4 is 5.32 Å². The highest BCUT2D eigenvalue weighted by molar-refractivity contribution is 5.92. The van der Waals surface area contributed by atoms with Gasteiger partial charge in [-0.25, -0.2) is 0 Å². The maximum absolute atomic E-state index is 11.9. The largest absolute Gasteiger partial charge is 0.353 e. The summed E-state index contributed by atoms with van der Waals surface area (Å²) < 4.78 is 0. The minimum Gasteiger partial charge on any atom is -0.353 e. The zero-order valence-electron chi connectivity index (χ0n) is 14.4. The summed E-state index contributed by atoms with van der Waals surface area (Å²) in [7, 11) is 3.54. The molecule has 4 nitrogen and oxygen atoms in total. The number of carbonyl (C=O) groups is 1. The van der Waals surface area contributed by atoms with Gasteiger partial charge in [-0.2, -0.15) is 0 Å². The summed E-state index contributed by atoms with van der Waals surface area (Å²) in [6, 6.07) is 12.8. The predicted octanol–water partition coefficient (Wildman–Crippen LogP) is 2.78. The van der Waals surface area contributed by atoms with Crippen LogP contribution in [0.5, 0.6) is 0 Å². The van der Waals surface area contributed by atoms with Crippen molar-refractivity contribution in [1.82, 2.24) is 15.2 Å². The molecule has 1 fully saturated rings. The van der Waals surface area contributed by atoms with Crippen LogP contribution in [-0.2, 0) is 13.0 Å². The highest BCUT2D eigenvalue weighted by Crippen LogP contribution is 2.59. The van der Waals surface area contributed by atoms with E-state index >= 15 is 0 Å². The van der Waals surface area contributed by atoms with Crippen molar-refractivity contribution in [1.29, 1.82) is 0 Å². The number of hydrogen-bond donors (Lipinski definition) is 2. The van der Waals surface area contributed by atoms with Gasteiger partial charge in [-0.05, 0) is 60.4 Å². The second kappa shape index (κ2) is 6.10. The lowest BCUT2D eigenvalue weighted by Gasteiger charge is -2.13. The maximum atomic E-state index is 11.9. The van der Waals surface area contributed by atoms with Crippen molar-refractivity contribution in [2.75, 3.05) is 20.6 Å².